The number of rotatable bonds is 5. The zero-order valence-corrected chi connectivity index (χ0v) is 16.0. The molecule has 2 N–H and O–H groups in total. The van der Waals surface area contributed by atoms with Crippen LogP contribution in [0, 0.1) is 0 Å². The Hall–Kier alpha value is -4.00. The van der Waals surface area contributed by atoms with Crippen LogP contribution in [0.3, 0.4) is 0 Å². The molecular weight excluding hydrogens is 368 g/mol. The number of anilines is 3. The molecule has 0 aliphatic heterocycles. The van der Waals surface area contributed by atoms with E-state index in [-0.39, 0.29) is 23.2 Å². The van der Waals surface area contributed by atoms with E-state index >= 15 is 0 Å². The second kappa shape index (κ2) is 8.79. The Morgan fingerprint density at radius 3 is 1.97 bits per heavy atom. The van der Waals surface area contributed by atoms with E-state index in [1.165, 1.54) is 11.8 Å². The summed E-state index contributed by atoms with van der Waals surface area (Å²) >= 11 is 0. The molecule has 146 valence electrons. The Kier molecular flexibility index (Phi) is 5.99. The van der Waals surface area contributed by atoms with Crippen molar-refractivity contribution in [3.8, 4) is 0 Å². The van der Waals surface area contributed by atoms with Crippen molar-refractivity contribution in [1.29, 1.82) is 0 Å². The van der Waals surface area contributed by atoms with Crippen LogP contribution in [0.1, 0.15) is 27.9 Å². The first-order valence-corrected chi connectivity index (χ1v) is 8.93. The highest BCUT2D eigenvalue weighted by molar-refractivity contribution is 6.07. The molecule has 0 unspecified atom stereocenters. The SMILES string of the molecule is CC(=O)Nc1ccc(NC(=O)c2cccc(C(=O)N(C)c3ccccc3)n2)cc1. The summed E-state index contributed by atoms with van der Waals surface area (Å²) in [4.78, 5) is 42.0. The molecule has 3 aromatic rings. The third-order valence-electron chi connectivity index (χ3n) is 4.11. The number of pyridine rings is 1. The number of hydrogen-bond donors (Lipinski definition) is 2. The molecule has 3 rings (SSSR count). The van der Waals surface area contributed by atoms with Gasteiger partial charge >= 0.3 is 0 Å². The summed E-state index contributed by atoms with van der Waals surface area (Å²) in [6, 6.07) is 20.6. The smallest absolute Gasteiger partial charge is 0.276 e. The van der Waals surface area contributed by atoms with Gasteiger partial charge in [-0.05, 0) is 48.5 Å². The number of aromatic nitrogens is 1. The van der Waals surface area contributed by atoms with E-state index < -0.39 is 5.91 Å². The Bertz CT molecular complexity index is 1030. The standard InChI is InChI=1S/C22H20N4O3/c1-15(27)23-16-11-13-17(14-12-16)24-21(28)19-9-6-10-20(25-19)22(29)26(2)18-7-4-3-5-8-18/h3-14H,1-2H3,(H,23,27)(H,24,28). The summed E-state index contributed by atoms with van der Waals surface area (Å²) in [5.74, 6) is -0.923. The van der Waals surface area contributed by atoms with Gasteiger partial charge in [0.2, 0.25) is 5.91 Å². The van der Waals surface area contributed by atoms with Crippen LogP contribution in [0.4, 0.5) is 17.1 Å². The molecule has 0 radical (unpaired) electrons. The maximum Gasteiger partial charge on any atom is 0.276 e. The van der Waals surface area contributed by atoms with Crippen molar-refractivity contribution < 1.29 is 14.4 Å². The zero-order chi connectivity index (χ0) is 20.8. The maximum atomic E-state index is 12.7. The average molecular weight is 388 g/mol. The first-order chi connectivity index (χ1) is 13.9. The average Bonchev–Trinajstić information content (AvgIpc) is 2.74. The van der Waals surface area contributed by atoms with Crippen molar-refractivity contribution in [3.63, 3.8) is 0 Å². The minimum atomic E-state index is -0.436. The molecule has 0 fully saturated rings. The maximum absolute atomic E-state index is 12.7. The Balaban J connectivity index is 1.72. The van der Waals surface area contributed by atoms with Gasteiger partial charge in [-0.2, -0.15) is 0 Å². The van der Waals surface area contributed by atoms with Gasteiger partial charge in [0.25, 0.3) is 11.8 Å². The first kappa shape index (κ1) is 19.8. The monoisotopic (exact) mass is 388 g/mol. The van der Waals surface area contributed by atoms with Gasteiger partial charge in [0.15, 0.2) is 0 Å². The molecular formula is C22H20N4O3. The molecule has 0 saturated heterocycles. The number of nitrogens with one attached hydrogen (secondary N) is 2. The molecule has 7 heteroatoms. The van der Waals surface area contributed by atoms with E-state index in [0.717, 1.165) is 5.69 Å². The van der Waals surface area contributed by atoms with Crippen LogP contribution in [0.5, 0.6) is 0 Å². The molecule has 7 nitrogen and oxygen atoms in total. The molecule has 0 aliphatic carbocycles. The summed E-state index contributed by atoms with van der Waals surface area (Å²) in [5.41, 5.74) is 2.20. The van der Waals surface area contributed by atoms with E-state index in [0.29, 0.717) is 11.4 Å². The fraction of sp³-hybridized carbons (Fsp3) is 0.0909. The summed E-state index contributed by atoms with van der Waals surface area (Å²) in [7, 11) is 1.66. The third kappa shape index (κ3) is 5.04. The van der Waals surface area contributed by atoms with Crippen LogP contribution in [-0.4, -0.2) is 29.8 Å². The Morgan fingerprint density at radius 1 is 0.759 bits per heavy atom. The van der Waals surface area contributed by atoms with Crippen LogP contribution < -0.4 is 15.5 Å². The van der Waals surface area contributed by atoms with Crippen molar-refractivity contribution in [3.05, 3.63) is 84.2 Å². The molecule has 0 bridgehead atoms. The van der Waals surface area contributed by atoms with E-state index in [9.17, 15) is 14.4 Å². The fourth-order valence-electron chi connectivity index (χ4n) is 2.66. The molecule has 0 saturated carbocycles. The van der Waals surface area contributed by atoms with Crippen LogP contribution in [0.2, 0.25) is 0 Å². The number of amides is 3. The van der Waals surface area contributed by atoms with Crippen LogP contribution in [0.15, 0.2) is 72.8 Å². The lowest BCUT2D eigenvalue weighted by Gasteiger charge is -2.17. The van der Waals surface area contributed by atoms with E-state index in [4.69, 9.17) is 0 Å². The van der Waals surface area contributed by atoms with Crippen molar-refractivity contribution in [1.82, 2.24) is 4.98 Å². The lowest BCUT2D eigenvalue weighted by molar-refractivity contribution is -0.114. The molecule has 3 amide bonds. The van der Waals surface area contributed by atoms with Gasteiger partial charge in [-0.1, -0.05) is 24.3 Å². The summed E-state index contributed by atoms with van der Waals surface area (Å²) in [6.07, 6.45) is 0. The first-order valence-electron chi connectivity index (χ1n) is 8.93. The topological polar surface area (TPSA) is 91.4 Å². The number of para-hydroxylation sites is 1. The minimum absolute atomic E-state index is 0.128. The van der Waals surface area contributed by atoms with E-state index in [1.54, 1.807) is 49.5 Å². The fourth-order valence-corrected chi connectivity index (χ4v) is 2.66. The van der Waals surface area contributed by atoms with Crippen molar-refractivity contribution in [2.75, 3.05) is 22.6 Å². The third-order valence-corrected chi connectivity index (χ3v) is 4.11. The summed E-state index contributed by atoms with van der Waals surface area (Å²) < 4.78 is 0. The normalized spacial score (nSPS) is 10.1. The predicted molar refractivity (Wildman–Crippen MR) is 112 cm³/mol. The van der Waals surface area contributed by atoms with Crippen molar-refractivity contribution in [2.45, 2.75) is 6.92 Å². The largest absolute Gasteiger partial charge is 0.326 e. The zero-order valence-electron chi connectivity index (χ0n) is 16.0. The predicted octanol–water partition coefficient (Wildman–Crippen LogP) is 3.57. The van der Waals surface area contributed by atoms with E-state index in [1.807, 2.05) is 30.3 Å². The van der Waals surface area contributed by atoms with Crippen LogP contribution in [0.25, 0.3) is 0 Å². The Labute approximate surface area is 168 Å². The molecule has 0 atom stereocenters. The number of benzene rings is 2. The molecule has 29 heavy (non-hydrogen) atoms. The number of carbonyl (C=O) groups is 3. The van der Waals surface area contributed by atoms with Gasteiger partial charge in [-0.3, -0.25) is 14.4 Å². The van der Waals surface area contributed by atoms with Gasteiger partial charge in [0, 0.05) is 31.0 Å². The molecule has 1 heterocycles. The Morgan fingerprint density at radius 2 is 1.34 bits per heavy atom. The highest BCUT2D eigenvalue weighted by atomic mass is 16.2. The van der Waals surface area contributed by atoms with Gasteiger partial charge in [0.1, 0.15) is 11.4 Å². The lowest BCUT2D eigenvalue weighted by atomic mass is 10.2. The van der Waals surface area contributed by atoms with Gasteiger partial charge < -0.3 is 15.5 Å². The van der Waals surface area contributed by atoms with Crippen LogP contribution in [-0.2, 0) is 4.79 Å². The molecule has 0 spiro atoms. The number of carbonyl (C=O) groups excluding carboxylic acids is 3. The summed E-state index contributed by atoms with van der Waals surface area (Å²) in [5, 5.41) is 5.38. The van der Waals surface area contributed by atoms with E-state index in [2.05, 4.69) is 15.6 Å². The minimum Gasteiger partial charge on any atom is -0.326 e. The number of hydrogen-bond acceptors (Lipinski definition) is 4. The second-order valence-electron chi connectivity index (χ2n) is 6.32. The lowest BCUT2D eigenvalue weighted by Crippen LogP contribution is -2.27. The van der Waals surface area contributed by atoms with Gasteiger partial charge in [0.05, 0.1) is 0 Å². The van der Waals surface area contributed by atoms with Crippen LogP contribution >= 0.6 is 0 Å². The van der Waals surface area contributed by atoms with Gasteiger partial charge in [-0.25, -0.2) is 4.98 Å². The molecule has 1 aromatic heterocycles. The highest BCUT2D eigenvalue weighted by Gasteiger charge is 2.17. The quantitative estimate of drug-likeness (QED) is 0.699. The second-order valence-corrected chi connectivity index (χ2v) is 6.32. The number of nitrogens with zero attached hydrogens (tertiary/aromatic N) is 2. The van der Waals surface area contributed by atoms with Crippen molar-refractivity contribution in [2.24, 2.45) is 0 Å². The molecule has 2 aromatic carbocycles. The summed E-state index contributed by atoms with van der Waals surface area (Å²) in [6.45, 7) is 1.42. The van der Waals surface area contributed by atoms with Crippen molar-refractivity contribution >= 4 is 34.8 Å². The molecule has 0 aliphatic rings. The highest BCUT2D eigenvalue weighted by Crippen LogP contribution is 2.16. The van der Waals surface area contributed by atoms with Gasteiger partial charge in [-0.15, -0.1) is 0 Å².